The quantitative estimate of drug-likeness (QED) is 0.190. The molecule has 7 nitrogen and oxygen atoms in total. The first-order valence-corrected chi connectivity index (χ1v) is 15.6. The summed E-state index contributed by atoms with van der Waals surface area (Å²) < 4.78 is 9.85. The topological polar surface area (TPSA) is 64.3 Å². The number of ether oxygens (including phenoxy) is 1. The highest BCUT2D eigenvalue weighted by atomic mass is 35.5. The van der Waals surface area contributed by atoms with Crippen molar-refractivity contribution >= 4 is 39.7 Å². The molecule has 7 rings (SSSR count). The molecule has 0 unspecified atom stereocenters. The number of rotatable bonds is 8. The Morgan fingerprint density at radius 2 is 1.56 bits per heavy atom. The number of anilines is 2. The van der Waals surface area contributed by atoms with Crippen LogP contribution in [0.15, 0.2) is 110 Å². The molecular formula is C37H34ClN5O2. The largest absolute Gasteiger partial charge is 0.378 e. The second-order valence-electron chi connectivity index (χ2n) is 11.4. The molecule has 0 atom stereocenters. The second kappa shape index (κ2) is 12.6. The average Bonchev–Trinajstić information content (AvgIpc) is 3.65. The normalized spacial score (nSPS) is 13.3. The lowest BCUT2D eigenvalue weighted by Gasteiger charge is -2.27. The number of imidazole rings is 1. The van der Waals surface area contributed by atoms with Crippen LogP contribution in [0.5, 0.6) is 0 Å². The van der Waals surface area contributed by atoms with Crippen molar-refractivity contribution in [1.29, 1.82) is 0 Å². The van der Waals surface area contributed by atoms with E-state index in [9.17, 15) is 4.79 Å². The summed E-state index contributed by atoms with van der Waals surface area (Å²) in [6.45, 7) is 5.64. The molecule has 1 N–H and O–H groups in total. The summed E-state index contributed by atoms with van der Waals surface area (Å²) in [6, 6.07) is 30.7. The van der Waals surface area contributed by atoms with Crippen molar-refractivity contribution in [3.63, 3.8) is 0 Å². The van der Waals surface area contributed by atoms with Crippen molar-refractivity contribution in [3.05, 3.63) is 137 Å². The molecule has 1 aliphatic rings. The molecule has 0 radical (unpaired) electrons. The Balaban J connectivity index is 1.17. The van der Waals surface area contributed by atoms with Gasteiger partial charge in [0.1, 0.15) is 0 Å². The van der Waals surface area contributed by atoms with Gasteiger partial charge in [-0.3, -0.25) is 4.79 Å². The van der Waals surface area contributed by atoms with Gasteiger partial charge in [-0.25, -0.2) is 4.98 Å². The maximum atomic E-state index is 13.9. The van der Waals surface area contributed by atoms with Gasteiger partial charge >= 0.3 is 0 Å². The van der Waals surface area contributed by atoms with Crippen LogP contribution in [0, 0.1) is 6.92 Å². The standard InChI is InChI=1S/C37H34ClN5O2/c1-26-36(43(25-39-26)21-27-9-13-30(14-10-27)40-31-15-11-29(38)12-16-31)24-41-22-34(33-8-4-6-28-5-2-3-7-32(28)33)35(23-41)37(44)42-17-19-45-20-18-42/h2-16,22-23,25,40H,17-21,24H2,1H3. The third-order valence-corrected chi connectivity index (χ3v) is 8.67. The molecule has 0 spiro atoms. The van der Waals surface area contributed by atoms with Crippen LogP contribution in [0.2, 0.25) is 5.02 Å². The van der Waals surface area contributed by atoms with Crippen LogP contribution in [-0.2, 0) is 17.8 Å². The van der Waals surface area contributed by atoms with E-state index in [-0.39, 0.29) is 5.91 Å². The number of nitrogens with one attached hydrogen (secondary N) is 1. The van der Waals surface area contributed by atoms with Crippen LogP contribution in [-0.4, -0.2) is 51.2 Å². The minimum Gasteiger partial charge on any atom is -0.378 e. The summed E-state index contributed by atoms with van der Waals surface area (Å²) in [4.78, 5) is 20.5. The fourth-order valence-corrected chi connectivity index (χ4v) is 6.12. The zero-order chi connectivity index (χ0) is 30.8. The number of morpholine rings is 1. The van der Waals surface area contributed by atoms with Gasteiger partial charge in [0.05, 0.1) is 43.0 Å². The maximum absolute atomic E-state index is 13.9. The molecule has 2 aromatic heterocycles. The Kier molecular flexibility index (Phi) is 8.11. The van der Waals surface area contributed by atoms with E-state index >= 15 is 0 Å². The van der Waals surface area contributed by atoms with Crippen molar-refractivity contribution < 1.29 is 9.53 Å². The predicted molar refractivity (Wildman–Crippen MR) is 180 cm³/mol. The number of halogens is 1. The van der Waals surface area contributed by atoms with E-state index in [0.717, 1.165) is 44.7 Å². The molecule has 0 aliphatic carbocycles. The second-order valence-corrected chi connectivity index (χ2v) is 11.9. The van der Waals surface area contributed by atoms with Crippen molar-refractivity contribution in [1.82, 2.24) is 19.0 Å². The van der Waals surface area contributed by atoms with Gasteiger partial charge < -0.3 is 24.1 Å². The fraction of sp³-hybridized carbons (Fsp3) is 0.189. The van der Waals surface area contributed by atoms with Gasteiger partial charge in [0.25, 0.3) is 5.91 Å². The zero-order valence-corrected chi connectivity index (χ0v) is 25.9. The van der Waals surface area contributed by atoms with Crippen LogP contribution in [0.1, 0.15) is 27.3 Å². The van der Waals surface area contributed by atoms with Gasteiger partial charge in [-0.2, -0.15) is 0 Å². The summed E-state index contributed by atoms with van der Waals surface area (Å²) in [6.07, 6.45) is 6.02. The summed E-state index contributed by atoms with van der Waals surface area (Å²) in [5, 5.41) is 6.41. The number of amides is 1. The molecule has 6 aromatic rings. The van der Waals surface area contributed by atoms with Gasteiger partial charge in [-0.15, -0.1) is 0 Å². The highest BCUT2D eigenvalue weighted by Gasteiger charge is 2.24. The van der Waals surface area contributed by atoms with E-state index in [1.54, 1.807) is 0 Å². The number of hydrogen-bond acceptors (Lipinski definition) is 4. The first kappa shape index (κ1) is 28.9. The number of benzene rings is 4. The van der Waals surface area contributed by atoms with Crippen LogP contribution in [0.3, 0.4) is 0 Å². The third kappa shape index (κ3) is 6.23. The van der Waals surface area contributed by atoms with Crippen molar-refractivity contribution in [2.45, 2.75) is 20.0 Å². The number of nitrogens with zero attached hydrogens (tertiary/aromatic N) is 4. The Bertz CT molecular complexity index is 1950. The first-order valence-electron chi connectivity index (χ1n) is 15.2. The molecule has 1 saturated heterocycles. The molecule has 1 fully saturated rings. The monoisotopic (exact) mass is 615 g/mol. The Morgan fingerprint density at radius 1 is 0.844 bits per heavy atom. The average molecular weight is 616 g/mol. The van der Waals surface area contributed by atoms with Gasteiger partial charge in [0.15, 0.2) is 0 Å². The van der Waals surface area contributed by atoms with Gasteiger partial charge in [0, 0.05) is 54.0 Å². The number of aryl methyl sites for hydroxylation is 1. The van der Waals surface area contributed by atoms with E-state index < -0.39 is 0 Å². The van der Waals surface area contributed by atoms with Crippen molar-refractivity contribution in [2.24, 2.45) is 0 Å². The molecule has 4 aromatic carbocycles. The lowest BCUT2D eigenvalue weighted by Crippen LogP contribution is -2.40. The number of carbonyl (C=O) groups is 1. The lowest BCUT2D eigenvalue weighted by atomic mass is 9.97. The molecule has 8 heteroatoms. The highest BCUT2D eigenvalue weighted by molar-refractivity contribution is 6.30. The molecule has 45 heavy (non-hydrogen) atoms. The predicted octanol–water partition coefficient (Wildman–Crippen LogP) is 7.78. The molecular weight excluding hydrogens is 582 g/mol. The van der Waals surface area contributed by atoms with Crippen LogP contribution < -0.4 is 5.32 Å². The van der Waals surface area contributed by atoms with Crippen LogP contribution >= 0.6 is 11.6 Å². The lowest BCUT2D eigenvalue weighted by molar-refractivity contribution is 0.0303. The van der Waals surface area contributed by atoms with Gasteiger partial charge in [0.2, 0.25) is 0 Å². The Morgan fingerprint density at radius 3 is 2.33 bits per heavy atom. The zero-order valence-electron chi connectivity index (χ0n) is 25.1. The van der Waals surface area contributed by atoms with E-state index in [2.05, 4.69) is 86.3 Å². The van der Waals surface area contributed by atoms with Gasteiger partial charge in [-0.1, -0.05) is 66.2 Å². The molecule has 0 saturated carbocycles. The minimum absolute atomic E-state index is 0.0394. The smallest absolute Gasteiger partial charge is 0.256 e. The summed E-state index contributed by atoms with van der Waals surface area (Å²) >= 11 is 6.02. The number of hydrogen-bond donors (Lipinski definition) is 1. The van der Waals surface area contributed by atoms with E-state index in [4.69, 9.17) is 16.3 Å². The number of aromatic nitrogens is 3. The molecule has 226 valence electrons. The SMILES string of the molecule is Cc1ncn(Cc2ccc(Nc3ccc(Cl)cc3)cc2)c1Cn1cc(C(=O)N2CCOCC2)c(-c2cccc3ccccc23)c1. The fourth-order valence-electron chi connectivity index (χ4n) is 5.99. The molecule has 3 heterocycles. The van der Waals surface area contributed by atoms with E-state index in [0.29, 0.717) is 50.0 Å². The maximum Gasteiger partial charge on any atom is 0.256 e. The Labute approximate surface area is 267 Å². The third-order valence-electron chi connectivity index (χ3n) is 8.42. The minimum atomic E-state index is 0.0394. The number of fused-ring (bicyclic) bond motifs is 1. The summed E-state index contributed by atoms with van der Waals surface area (Å²) in [5.74, 6) is 0.0394. The van der Waals surface area contributed by atoms with E-state index in [1.807, 2.05) is 54.7 Å². The van der Waals surface area contributed by atoms with E-state index in [1.165, 1.54) is 5.56 Å². The van der Waals surface area contributed by atoms with Crippen molar-refractivity contribution in [2.75, 3.05) is 31.6 Å². The first-order chi connectivity index (χ1) is 22.0. The molecule has 1 aliphatic heterocycles. The molecule has 0 bridgehead atoms. The Hall–Kier alpha value is -4.85. The van der Waals surface area contributed by atoms with Gasteiger partial charge in [-0.05, 0) is 65.2 Å². The van der Waals surface area contributed by atoms with Crippen LogP contribution in [0.4, 0.5) is 11.4 Å². The highest BCUT2D eigenvalue weighted by Crippen LogP contribution is 2.33. The van der Waals surface area contributed by atoms with Crippen LogP contribution in [0.25, 0.3) is 21.9 Å². The molecule has 1 amide bonds. The summed E-state index contributed by atoms with van der Waals surface area (Å²) in [7, 11) is 0. The number of carbonyl (C=O) groups excluding carboxylic acids is 1. The summed E-state index contributed by atoms with van der Waals surface area (Å²) in [5.41, 5.74) is 7.94. The van der Waals surface area contributed by atoms with Crippen molar-refractivity contribution in [3.8, 4) is 11.1 Å².